The van der Waals surface area contributed by atoms with Gasteiger partial charge in [-0.15, -0.1) is 0 Å². The van der Waals surface area contributed by atoms with Gasteiger partial charge in [-0.25, -0.2) is 0 Å². The second-order valence-corrected chi connectivity index (χ2v) is 5.36. The van der Waals surface area contributed by atoms with Crippen molar-refractivity contribution in [1.29, 1.82) is 0 Å². The summed E-state index contributed by atoms with van der Waals surface area (Å²) in [6.45, 7) is 0.620. The third-order valence-electron chi connectivity index (χ3n) is 2.65. The summed E-state index contributed by atoms with van der Waals surface area (Å²) < 4.78 is 0.962. The highest BCUT2D eigenvalue weighted by atomic mass is 79.9. The number of amides is 1. The molecule has 0 aliphatic rings. The second-order valence-electron chi connectivity index (χ2n) is 4.04. The highest BCUT2D eigenvalue weighted by Gasteiger charge is 2.02. The summed E-state index contributed by atoms with van der Waals surface area (Å²) in [6, 6.07) is 12.8. The molecule has 0 radical (unpaired) electrons. The minimum Gasteiger partial charge on any atom is -0.380 e. The van der Waals surface area contributed by atoms with Crippen LogP contribution in [0.3, 0.4) is 0 Å². The summed E-state index contributed by atoms with van der Waals surface area (Å²) in [5.74, 6) is -0.422. The summed E-state index contributed by atoms with van der Waals surface area (Å²) in [5.41, 5.74) is 7.59. The molecule has 3 nitrogen and oxygen atoms in total. The van der Waals surface area contributed by atoms with E-state index in [2.05, 4.69) is 21.2 Å². The van der Waals surface area contributed by atoms with Gasteiger partial charge in [0.25, 0.3) is 0 Å². The third kappa shape index (κ3) is 3.72. The van der Waals surface area contributed by atoms with E-state index in [0.717, 1.165) is 15.7 Å². The van der Waals surface area contributed by atoms with Crippen LogP contribution >= 0.6 is 27.5 Å². The lowest BCUT2D eigenvalue weighted by Crippen LogP contribution is -2.10. The van der Waals surface area contributed by atoms with E-state index in [1.165, 1.54) is 0 Å². The summed E-state index contributed by atoms with van der Waals surface area (Å²) in [4.78, 5) is 11.0. The minimum atomic E-state index is -0.422. The average Bonchev–Trinajstić information content (AvgIpc) is 2.40. The first-order valence-corrected chi connectivity index (χ1v) is 6.81. The van der Waals surface area contributed by atoms with Crippen LogP contribution in [0.1, 0.15) is 15.9 Å². The van der Waals surface area contributed by atoms with Crippen LogP contribution in [0.5, 0.6) is 0 Å². The molecule has 19 heavy (non-hydrogen) atoms. The van der Waals surface area contributed by atoms with Gasteiger partial charge in [0.15, 0.2) is 0 Å². The Morgan fingerprint density at radius 1 is 1.21 bits per heavy atom. The van der Waals surface area contributed by atoms with Gasteiger partial charge < -0.3 is 11.1 Å². The van der Waals surface area contributed by atoms with Crippen LogP contribution in [0.25, 0.3) is 0 Å². The molecule has 2 aromatic carbocycles. The standard InChI is InChI=1S/C14H12BrClN2O/c15-11-5-6-12(16)13(7-11)18-8-9-1-3-10(4-2-9)14(17)19/h1-7,18H,8H2,(H2,17,19). The third-order valence-corrected chi connectivity index (χ3v) is 3.47. The summed E-state index contributed by atoms with van der Waals surface area (Å²) in [6.07, 6.45) is 0. The lowest BCUT2D eigenvalue weighted by molar-refractivity contribution is 0.100. The summed E-state index contributed by atoms with van der Waals surface area (Å²) in [7, 11) is 0. The maximum absolute atomic E-state index is 11.0. The van der Waals surface area contributed by atoms with Gasteiger partial charge in [-0.2, -0.15) is 0 Å². The Bertz CT molecular complexity index is 599. The first kappa shape index (κ1) is 13.9. The van der Waals surface area contributed by atoms with Crippen LogP contribution in [0.15, 0.2) is 46.9 Å². The molecule has 0 saturated heterocycles. The molecular formula is C14H12BrClN2O. The predicted molar refractivity (Wildman–Crippen MR) is 81.4 cm³/mol. The van der Waals surface area contributed by atoms with Crippen molar-refractivity contribution in [3.8, 4) is 0 Å². The molecule has 0 aliphatic heterocycles. The molecule has 2 rings (SSSR count). The second kappa shape index (κ2) is 6.08. The van der Waals surface area contributed by atoms with Crippen LogP contribution in [-0.4, -0.2) is 5.91 Å². The molecule has 0 unspecified atom stereocenters. The molecule has 0 saturated carbocycles. The van der Waals surface area contributed by atoms with Gasteiger partial charge in [0.05, 0.1) is 10.7 Å². The SMILES string of the molecule is NC(=O)c1ccc(CNc2cc(Br)ccc2Cl)cc1. The predicted octanol–water partition coefficient (Wildman–Crippen LogP) is 3.81. The molecule has 0 spiro atoms. The van der Waals surface area contributed by atoms with Crippen molar-refractivity contribution >= 4 is 39.1 Å². The number of rotatable bonds is 4. The van der Waals surface area contributed by atoms with Gasteiger partial charge >= 0.3 is 0 Å². The largest absolute Gasteiger partial charge is 0.380 e. The molecule has 98 valence electrons. The molecule has 1 amide bonds. The molecule has 0 atom stereocenters. The van der Waals surface area contributed by atoms with Crippen LogP contribution in [0, 0.1) is 0 Å². The zero-order chi connectivity index (χ0) is 13.8. The number of benzene rings is 2. The summed E-state index contributed by atoms with van der Waals surface area (Å²) >= 11 is 9.48. The van der Waals surface area contributed by atoms with Gasteiger partial charge in [-0.05, 0) is 35.9 Å². The Hall–Kier alpha value is -1.52. The molecular weight excluding hydrogens is 328 g/mol. The smallest absolute Gasteiger partial charge is 0.248 e. The lowest BCUT2D eigenvalue weighted by Gasteiger charge is -2.09. The maximum Gasteiger partial charge on any atom is 0.248 e. The van der Waals surface area contributed by atoms with Crippen molar-refractivity contribution in [3.05, 3.63) is 63.1 Å². The normalized spacial score (nSPS) is 10.2. The number of nitrogens with two attached hydrogens (primary N) is 1. The van der Waals surface area contributed by atoms with E-state index < -0.39 is 5.91 Å². The van der Waals surface area contributed by atoms with Gasteiger partial charge in [-0.3, -0.25) is 4.79 Å². The zero-order valence-electron chi connectivity index (χ0n) is 9.99. The van der Waals surface area contributed by atoms with Crippen molar-refractivity contribution < 1.29 is 4.79 Å². The Balaban J connectivity index is 2.06. The van der Waals surface area contributed by atoms with Crippen molar-refractivity contribution in [2.45, 2.75) is 6.54 Å². The number of carbonyl (C=O) groups is 1. The molecule has 0 aliphatic carbocycles. The van der Waals surface area contributed by atoms with Gasteiger partial charge in [0.1, 0.15) is 0 Å². The first-order chi connectivity index (χ1) is 9.06. The quantitative estimate of drug-likeness (QED) is 0.890. The Labute approximate surface area is 124 Å². The Kier molecular flexibility index (Phi) is 4.45. The van der Waals surface area contributed by atoms with Crippen molar-refractivity contribution in [1.82, 2.24) is 0 Å². The molecule has 0 aromatic heterocycles. The van der Waals surface area contributed by atoms with Gasteiger partial charge in [0, 0.05) is 16.6 Å². The van der Waals surface area contributed by atoms with E-state index in [0.29, 0.717) is 17.1 Å². The monoisotopic (exact) mass is 338 g/mol. The van der Waals surface area contributed by atoms with Gasteiger partial charge in [-0.1, -0.05) is 39.7 Å². The van der Waals surface area contributed by atoms with E-state index in [-0.39, 0.29) is 0 Å². The maximum atomic E-state index is 11.0. The molecule has 3 N–H and O–H groups in total. The topological polar surface area (TPSA) is 55.1 Å². The van der Waals surface area contributed by atoms with Crippen LogP contribution in [0.2, 0.25) is 5.02 Å². The fraction of sp³-hybridized carbons (Fsp3) is 0.0714. The van der Waals surface area contributed by atoms with E-state index in [4.69, 9.17) is 17.3 Å². The van der Waals surface area contributed by atoms with Crippen molar-refractivity contribution in [2.24, 2.45) is 5.73 Å². The molecule has 5 heteroatoms. The lowest BCUT2D eigenvalue weighted by atomic mass is 10.1. The minimum absolute atomic E-state index is 0.422. The average molecular weight is 340 g/mol. The molecule has 0 heterocycles. The number of hydrogen-bond donors (Lipinski definition) is 2. The highest BCUT2D eigenvalue weighted by Crippen LogP contribution is 2.26. The summed E-state index contributed by atoms with van der Waals surface area (Å²) in [5, 5.41) is 3.90. The number of carbonyl (C=O) groups excluding carboxylic acids is 1. The van der Waals surface area contributed by atoms with Gasteiger partial charge in [0.2, 0.25) is 5.91 Å². The van der Waals surface area contributed by atoms with Crippen LogP contribution in [0.4, 0.5) is 5.69 Å². The Morgan fingerprint density at radius 3 is 2.53 bits per heavy atom. The number of anilines is 1. The fourth-order valence-corrected chi connectivity index (χ4v) is 2.16. The van der Waals surface area contributed by atoms with E-state index >= 15 is 0 Å². The number of halogens is 2. The van der Waals surface area contributed by atoms with E-state index in [1.54, 1.807) is 12.1 Å². The molecule has 0 bridgehead atoms. The van der Waals surface area contributed by atoms with Crippen LogP contribution in [-0.2, 0) is 6.54 Å². The highest BCUT2D eigenvalue weighted by molar-refractivity contribution is 9.10. The van der Waals surface area contributed by atoms with E-state index in [1.807, 2.05) is 30.3 Å². The fourth-order valence-electron chi connectivity index (χ4n) is 1.62. The Morgan fingerprint density at radius 2 is 1.89 bits per heavy atom. The number of hydrogen-bond acceptors (Lipinski definition) is 2. The van der Waals surface area contributed by atoms with Crippen molar-refractivity contribution in [3.63, 3.8) is 0 Å². The molecule has 2 aromatic rings. The zero-order valence-corrected chi connectivity index (χ0v) is 12.3. The van der Waals surface area contributed by atoms with Crippen molar-refractivity contribution in [2.75, 3.05) is 5.32 Å². The number of primary amides is 1. The number of nitrogens with one attached hydrogen (secondary N) is 1. The first-order valence-electron chi connectivity index (χ1n) is 5.64. The van der Waals surface area contributed by atoms with Crippen LogP contribution < -0.4 is 11.1 Å². The van der Waals surface area contributed by atoms with E-state index in [9.17, 15) is 4.79 Å². The molecule has 0 fully saturated rings.